The van der Waals surface area contributed by atoms with Gasteiger partial charge in [0, 0.05) is 32.2 Å². The van der Waals surface area contributed by atoms with Gasteiger partial charge in [0.05, 0.1) is 18.8 Å². The van der Waals surface area contributed by atoms with Gasteiger partial charge in [0.15, 0.2) is 0 Å². The molecule has 0 aromatic heterocycles. The second-order valence-corrected chi connectivity index (χ2v) is 5.98. The molecule has 0 aromatic rings. The Kier molecular flexibility index (Phi) is 8.56. The Hall–Kier alpha value is -0.360. The van der Waals surface area contributed by atoms with Crippen LogP contribution in [0.1, 0.15) is 39.0 Å². The number of rotatable bonds is 5. The lowest BCUT2D eigenvalue weighted by Crippen LogP contribution is -2.45. The molecule has 2 atom stereocenters. The minimum atomic E-state index is -0.0666. The second-order valence-electron chi connectivity index (χ2n) is 5.98. The Morgan fingerprint density at radius 2 is 2.05 bits per heavy atom. The summed E-state index contributed by atoms with van der Waals surface area (Å²) in [6.07, 6.45) is 5.95. The van der Waals surface area contributed by atoms with Gasteiger partial charge in [-0.1, -0.05) is 6.92 Å². The average molecular weight is 321 g/mol. The zero-order valence-electron chi connectivity index (χ0n) is 13.0. The molecule has 2 aliphatic rings. The summed E-state index contributed by atoms with van der Waals surface area (Å²) in [6.45, 7) is 5.48. The molecule has 0 spiro atoms. The third kappa shape index (κ3) is 5.74. The maximum absolute atomic E-state index is 12.0. The zero-order valence-corrected chi connectivity index (χ0v) is 13.8. The van der Waals surface area contributed by atoms with Gasteiger partial charge in [-0.3, -0.25) is 4.79 Å². The molecule has 124 valence electrons. The van der Waals surface area contributed by atoms with Crippen LogP contribution >= 0.6 is 12.4 Å². The molecule has 2 fully saturated rings. The first-order valence-electron chi connectivity index (χ1n) is 7.92. The van der Waals surface area contributed by atoms with Gasteiger partial charge in [-0.2, -0.15) is 0 Å². The van der Waals surface area contributed by atoms with E-state index in [4.69, 9.17) is 15.2 Å². The van der Waals surface area contributed by atoms with Crippen LogP contribution in [0.2, 0.25) is 0 Å². The van der Waals surface area contributed by atoms with Crippen LogP contribution in [0.15, 0.2) is 0 Å². The predicted octanol–water partition coefficient (Wildman–Crippen LogP) is 1.58. The third-order valence-corrected chi connectivity index (χ3v) is 4.32. The van der Waals surface area contributed by atoms with E-state index in [-0.39, 0.29) is 36.4 Å². The second kappa shape index (κ2) is 9.62. The van der Waals surface area contributed by atoms with Gasteiger partial charge >= 0.3 is 0 Å². The summed E-state index contributed by atoms with van der Waals surface area (Å²) in [5.74, 6) is 0.115. The van der Waals surface area contributed by atoms with Crippen molar-refractivity contribution in [2.24, 2.45) is 11.7 Å². The number of likely N-dealkylation sites (tertiary alicyclic amines) is 1. The Balaban J connectivity index is 0.00000220. The monoisotopic (exact) mass is 320 g/mol. The smallest absolute Gasteiger partial charge is 0.226 e. The molecule has 5 nitrogen and oxygen atoms in total. The molecule has 0 saturated carbocycles. The highest BCUT2D eigenvalue weighted by Crippen LogP contribution is 2.18. The van der Waals surface area contributed by atoms with Crippen molar-refractivity contribution in [2.75, 3.05) is 32.8 Å². The molecule has 0 aromatic carbocycles. The van der Waals surface area contributed by atoms with Crippen molar-refractivity contribution in [3.8, 4) is 0 Å². The van der Waals surface area contributed by atoms with E-state index in [1.807, 2.05) is 11.8 Å². The highest BCUT2D eigenvalue weighted by Gasteiger charge is 2.26. The van der Waals surface area contributed by atoms with Crippen molar-refractivity contribution in [1.29, 1.82) is 0 Å². The van der Waals surface area contributed by atoms with E-state index >= 15 is 0 Å². The molecule has 6 heteroatoms. The predicted molar refractivity (Wildman–Crippen MR) is 84.6 cm³/mol. The summed E-state index contributed by atoms with van der Waals surface area (Å²) >= 11 is 0. The minimum Gasteiger partial charge on any atom is -0.376 e. The summed E-state index contributed by atoms with van der Waals surface area (Å²) in [6, 6.07) is 0. The van der Waals surface area contributed by atoms with Crippen molar-refractivity contribution in [1.82, 2.24) is 4.90 Å². The number of ether oxygens (including phenoxy) is 2. The summed E-state index contributed by atoms with van der Waals surface area (Å²) in [5, 5.41) is 0. The molecule has 0 aliphatic carbocycles. The number of carbonyl (C=O) groups excluding carboxylic acids is 1. The number of amides is 1. The number of carbonyl (C=O) groups is 1. The van der Waals surface area contributed by atoms with Crippen LogP contribution in [-0.4, -0.2) is 55.9 Å². The van der Waals surface area contributed by atoms with Crippen LogP contribution < -0.4 is 5.73 Å². The van der Waals surface area contributed by atoms with Gasteiger partial charge in [-0.05, 0) is 32.1 Å². The van der Waals surface area contributed by atoms with Gasteiger partial charge in [-0.15, -0.1) is 12.4 Å². The molecule has 1 amide bonds. The molecular weight excluding hydrogens is 292 g/mol. The average Bonchev–Trinajstić information content (AvgIpc) is 2.53. The standard InChI is InChI=1S/C15H28N2O3.ClH/c1-12(10-16)15(18)17-7-5-13(6-8-17)20-11-14-4-2-3-9-19-14;/h12-14H,2-11,16H2,1H3;1H. The summed E-state index contributed by atoms with van der Waals surface area (Å²) < 4.78 is 11.6. The third-order valence-electron chi connectivity index (χ3n) is 4.32. The molecule has 0 radical (unpaired) electrons. The van der Waals surface area contributed by atoms with Crippen LogP contribution in [0.5, 0.6) is 0 Å². The lowest BCUT2D eigenvalue weighted by molar-refractivity contribution is -0.138. The molecule has 2 heterocycles. The summed E-state index contributed by atoms with van der Waals surface area (Å²) in [7, 11) is 0. The molecule has 2 aliphatic heterocycles. The van der Waals surface area contributed by atoms with E-state index in [0.29, 0.717) is 13.2 Å². The van der Waals surface area contributed by atoms with E-state index in [2.05, 4.69) is 0 Å². The lowest BCUT2D eigenvalue weighted by atomic mass is 10.0. The van der Waals surface area contributed by atoms with Gasteiger partial charge < -0.3 is 20.1 Å². The lowest BCUT2D eigenvalue weighted by Gasteiger charge is -2.34. The summed E-state index contributed by atoms with van der Waals surface area (Å²) in [5.41, 5.74) is 5.55. The zero-order chi connectivity index (χ0) is 14.4. The maximum atomic E-state index is 12.0. The maximum Gasteiger partial charge on any atom is 0.226 e. The molecule has 21 heavy (non-hydrogen) atoms. The van der Waals surface area contributed by atoms with Crippen molar-refractivity contribution in [2.45, 2.75) is 51.2 Å². The van der Waals surface area contributed by atoms with Crippen LogP contribution in [-0.2, 0) is 14.3 Å². The van der Waals surface area contributed by atoms with Crippen LogP contribution in [0.25, 0.3) is 0 Å². The molecule has 2 saturated heterocycles. The fourth-order valence-electron chi connectivity index (χ4n) is 2.84. The van der Waals surface area contributed by atoms with Crippen LogP contribution in [0.4, 0.5) is 0 Å². The summed E-state index contributed by atoms with van der Waals surface area (Å²) in [4.78, 5) is 14.0. The number of halogens is 1. The number of nitrogens with two attached hydrogens (primary N) is 1. The van der Waals surface area contributed by atoms with Crippen LogP contribution in [0.3, 0.4) is 0 Å². The number of piperidine rings is 1. The minimum absolute atomic E-state index is 0. The van der Waals surface area contributed by atoms with Crippen molar-refractivity contribution >= 4 is 18.3 Å². The van der Waals surface area contributed by atoms with E-state index in [0.717, 1.165) is 39.0 Å². The largest absolute Gasteiger partial charge is 0.376 e. The highest BCUT2D eigenvalue weighted by molar-refractivity contribution is 5.85. The number of hydrogen-bond acceptors (Lipinski definition) is 4. The normalized spacial score (nSPS) is 25.2. The van der Waals surface area contributed by atoms with Gasteiger partial charge in [0.25, 0.3) is 0 Å². The molecule has 2 N–H and O–H groups in total. The van der Waals surface area contributed by atoms with Gasteiger partial charge in [0.1, 0.15) is 0 Å². The SMILES string of the molecule is CC(CN)C(=O)N1CCC(OCC2CCCCO2)CC1.Cl. The van der Waals surface area contributed by atoms with Gasteiger partial charge in [0.2, 0.25) is 5.91 Å². The van der Waals surface area contributed by atoms with E-state index in [1.165, 1.54) is 12.8 Å². The number of nitrogens with zero attached hydrogens (tertiary/aromatic N) is 1. The topological polar surface area (TPSA) is 64.8 Å². The molecule has 2 unspecified atom stereocenters. The molecule has 2 rings (SSSR count). The van der Waals surface area contributed by atoms with Crippen molar-refractivity contribution in [3.05, 3.63) is 0 Å². The Morgan fingerprint density at radius 1 is 1.33 bits per heavy atom. The Morgan fingerprint density at radius 3 is 2.62 bits per heavy atom. The van der Waals surface area contributed by atoms with Crippen molar-refractivity contribution < 1.29 is 14.3 Å². The fourth-order valence-corrected chi connectivity index (χ4v) is 2.84. The van der Waals surface area contributed by atoms with E-state index in [1.54, 1.807) is 0 Å². The van der Waals surface area contributed by atoms with Gasteiger partial charge in [-0.25, -0.2) is 0 Å². The number of hydrogen-bond donors (Lipinski definition) is 1. The van der Waals surface area contributed by atoms with E-state index in [9.17, 15) is 4.79 Å². The first-order valence-corrected chi connectivity index (χ1v) is 7.92. The quantitative estimate of drug-likeness (QED) is 0.835. The highest BCUT2D eigenvalue weighted by atomic mass is 35.5. The Labute approximate surface area is 133 Å². The fraction of sp³-hybridized carbons (Fsp3) is 0.933. The first-order chi connectivity index (χ1) is 9.70. The Bertz CT molecular complexity index is 303. The van der Waals surface area contributed by atoms with E-state index < -0.39 is 0 Å². The first kappa shape index (κ1) is 18.7. The van der Waals surface area contributed by atoms with Crippen LogP contribution in [0, 0.1) is 5.92 Å². The van der Waals surface area contributed by atoms with Crippen molar-refractivity contribution in [3.63, 3.8) is 0 Å². The molecule has 0 bridgehead atoms. The molecular formula is C15H29ClN2O3.